The zero-order valence-corrected chi connectivity index (χ0v) is 13.2. The van der Waals surface area contributed by atoms with Gasteiger partial charge in [0, 0.05) is 15.4 Å². The maximum absolute atomic E-state index is 13.2. The predicted octanol–water partition coefficient (Wildman–Crippen LogP) is 4.93. The molecule has 1 N–H and O–H groups in total. The molecule has 4 heteroatoms. The third-order valence-corrected chi connectivity index (χ3v) is 4.67. The first kappa shape index (κ1) is 14.7. The van der Waals surface area contributed by atoms with Crippen molar-refractivity contribution in [3.63, 3.8) is 0 Å². The summed E-state index contributed by atoms with van der Waals surface area (Å²) in [6.07, 6.45) is 2.05. The number of thiophene rings is 1. The monoisotopic (exact) mass is 341 g/mol. The second kappa shape index (κ2) is 7.17. The van der Waals surface area contributed by atoms with Crippen molar-refractivity contribution in [1.82, 2.24) is 5.32 Å². The summed E-state index contributed by atoms with van der Waals surface area (Å²) in [6.45, 7) is 2.99. The highest BCUT2D eigenvalue weighted by atomic mass is 79.9. The van der Waals surface area contributed by atoms with Crippen LogP contribution in [0.4, 0.5) is 4.39 Å². The van der Waals surface area contributed by atoms with Crippen LogP contribution in [0.1, 0.15) is 29.8 Å². The third-order valence-electron chi connectivity index (χ3n) is 3.05. The number of nitrogens with one attached hydrogen (secondary N) is 1. The van der Waals surface area contributed by atoms with Gasteiger partial charge in [-0.2, -0.15) is 0 Å². The Hall–Kier alpha value is -0.710. The molecule has 1 nitrogen and oxygen atoms in total. The number of benzene rings is 1. The first-order valence-corrected chi connectivity index (χ1v) is 8.08. The minimum Gasteiger partial charge on any atom is -0.310 e. The maximum atomic E-state index is 13.2. The number of hydrogen-bond acceptors (Lipinski definition) is 2. The van der Waals surface area contributed by atoms with E-state index in [0.717, 1.165) is 29.4 Å². The molecular formula is C15H17BrFNS. The van der Waals surface area contributed by atoms with Crippen molar-refractivity contribution in [2.24, 2.45) is 0 Å². The van der Waals surface area contributed by atoms with E-state index in [1.54, 1.807) is 11.3 Å². The zero-order chi connectivity index (χ0) is 13.7. The van der Waals surface area contributed by atoms with Crippen LogP contribution in [0, 0.1) is 5.82 Å². The van der Waals surface area contributed by atoms with Crippen LogP contribution in [-0.2, 0) is 6.42 Å². The average molecular weight is 342 g/mol. The van der Waals surface area contributed by atoms with Crippen LogP contribution < -0.4 is 5.32 Å². The molecule has 0 aliphatic rings. The van der Waals surface area contributed by atoms with Gasteiger partial charge in [-0.1, -0.05) is 35.0 Å². The summed E-state index contributed by atoms with van der Waals surface area (Å²) >= 11 is 5.24. The standard InChI is InChI=1S/C15H17BrFNS/c1-2-18-15(8-6-12-4-3-9-19-12)13-7-5-11(17)10-14(13)16/h3-5,7,9-10,15,18H,2,6,8H2,1H3. The average Bonchev–Trinajstić information content (AvgIpc) is 2.88. The van der Waals surface area contributed by atoms with Crippen LogP contribution in [0.25, 0.3) is 0 Å². The predicted molar refractivity (Wildman–Crippen MR) is 83.2 cm³/mol. The van der Waals surface area contributed by atoms with Crippen LogP contribution >= 0.6 is 27.3 Å². The SMILES string of the molecule is CCNC(CCc1cccs1)c1ccc(F)cc1Br. The molecule has 0 fully saturated rings. The minimum atomic E-state index is -0.205. The van der Waals surface area contributed by atoms with E-state index < -0.39 is 0 Å². The molecule has 0 saturated carbocycles. The summed E-state index contributed by atoms with van der Waals surface area (Å²) in [7, 11) is 0. The van der Waals surface area contributed by atoms with Gasteiger partial charge in [0.2, 0.25) is 0 Å². The molecule has 1 aromatic carbocycles. The van der Waals surface area contributed by atoms with Gasteiger partial charge in [0.1, 0.15) is 5.82 Å². The van der Waals surface area contributed by atoms with E-state index in [1.807, 2.05) is 6.07 Å². The lowest BCUT2D eigenvalue weighted by molar-refractivity contribution is 0.513. The van der Waals surface area contributed by atoms with Crippen molar-refractivity contribution < 1.29 is 4.39 Å². The van der Waals surface area contributed by atoms with Crippen molar-refractivity contribution in [3.05, 3.63) is 56.4 Å². The van der Waals surface area contributed by atoms with E-state index >= 15 is 0 Å². The molecule has 2 rings (SSSR count). The molecule has 0 aliphatic carbocycles. The largest absolute Gasteiger partial charge is 0.310 e. The van der Waals surface area contributed by atoms with Gasteiger partial charge in [-0.15, -0.1) is 11.3 Å². The fourth-order valence-corrected chi connectivity index (χ4v) is 3.49. The molecule has 1 atom stereocenters. The van der Waals surface area contributed by atoms with Crippen LogP contribution in [-0.4, -0.2) is 6.54 Å². The fourth-order valence-electron chi connectivity index (χ4n) is 2.14. The van der Waals surface area contributed by atoms with Crippen molar-refractivity contribution in [3.8, 4) is 0 Å². The summed E-state index contributed by atoms with van der Waals surface area (Å²) in [5, 5.41) is 5.58. The summed E-state index contributed by atoms with van der Waals surface area (Å²) in [5.41, 5.74) is 1.12. The van der Waals surface area contributed by atoms with Crippen LogP contribution in [0.3, 0.4) is 0 Å². The normalized spacial score (nSPS) is 12.6. The lowest BCUT2D eigenvalue weighted by atomic mass is 10.0. The molecule has 2 aromatic rings. The Morgan fingerprint density at radius 3 is 2.84 bits per heavy atom. The molecule has 102 valence electrons. The highest BCUT2D eigenvalue weighted by Crippen LogP contribution is 2.28. The summed E-state index contributed by atoms with van der Waals surface area (Å²) in [5.74, 6) is -0.205. The van der Waals surface area contributed by atoms with Gasteiger partial charge in [-0.3, -0.25) is 0 Å². The number of hydrogen-bond donors (Lipinski definition) is 1. The van der Waals surface area contributed by atoms with Gasteiger partial charge in [0.05, 0.1) is 0 Å². The molecule has 1 unspecified atom stereocenters. The van der Waals surface area contributed by atoms with Gasteiger partial charge in [-0.25, -0.2) is 4.39 Å². The Morgan fingerprint density at radius 2 is 2.21 bits per heavy atom. The Balaban J connectivity index is 2.10. The lowest BCUT2D eigenvalue weighted by Gasteiger charge is -2.19. The summed E-state index contributed by atoms with van der Waals surface area (Å²) in [6, 6.07) is 9.41. The first-order valence-electron chi connectivity index (χ1n) is 6.41. The summed E-state index contributed by atoms with van der Waals surface area (Å²) < 4.78 is 14.0. The molecule has 0 spiro atoms. The van der Waals surface area contributed by atoms with E-state index in [1.165, 1.54) is 17.0 Å². The van der Waals surface area contributed by atoms with E-state index in [9.17, 15) is 4.39 Å². The zero-order valence-electron chi connectivity index (χ0n) is 10.8. The van der Waals surface area contributed by atoms with Gasteiger partial charge < -0.3 is 5.32 Å². The van der Waals surface area contributed by atoms with Gasteiger partial charge in [-0.05, 0) is 48.5 Å². The lowest BCUT2D eigenvalue weighted by Crippen LogP contribution is -2.21. The molecule has 0 saturated heterocycles. The molecule has 0 radical (unpaired) electrons. The van der Waals surface area contributed by atoms with Crippen LogP contribution in [0.5, 0.6) is 0 Å². The summed E-state index contributed by atoms with van der Waals surface area (Å²) in [4.78, 5) is 1.39. The number of halogens is 2. The van der Waals surface area contributed by atoms with E-state index in [0.29, 0.717) is 0 Å². The van der Waals surface area contributed by atoms with Crippen LogP contribution in [0.15, 0.2) is 40.2 Å². The molecule has 1 heterocycles. The van der Waals surface area contributed by atoms with E-state index in [-0.39, 0.29) is 11.9 Å². The molecular weight excluding hydrogens is 325 g/mol. The van der Waals surface area contributed by atoms with Crippen molar-refractivity contribution >= 4 is 27.3 Å². The molecule has 1 aromatic heterocycles. The van der Waals surface area contributed by atoms with Gasteiger partial charge in [0.25, 0.3) is 0 Å². The Kier molecular flexibility index (Phi) is 5.55. The molecule has 0 aliphatic heterocycles. The Bertz CT molecular complexity index is 513. The molecule has 0 bridgehead atoms. The third kappa shape index (κ3) is 4.13. The minimum absolute atomic E-state index is 0.205. The van der Waals surface area contributed by atoms with Crippen molar-refractivity contribution in [1.29, 1.82) is 0 Å². The van der Waals surface area contributed by atoms with Crippen molar-refractivity contribution in [2.75, 3.05) is 6.54 Å². The number of rotatable bonds is 6. The smallest absolute Gasteiger partial charge is 0.124 e. The van der Waals surface area contributed by atoms with Crippen molar-refractivity contribution in [2.45, 2.75) is 25.8 Å². The van der Waals surface area contributed by atoms with Gasteiger partial charge in [0.15, 0.2) is 0 Å². The highest BCUT2D eigenvalue weighted by molar-refractivity contribution is 9.10. The Labute approximate surface area is 126 Å². The second-order valence-corrected chi connectivity index (χ2v) is 6.28. The highest BCUT2D eigenvalue weighted by Gasteiger charge is 2.14. The topological polar surface area (TPSA) is 12.0 Å². The molecule has 19 heavy (non-hydrogen) atoms. The second-order valence-electron chi connectivity index (χ2n) is 4.39. The first-order chi connectivity index (χ1) is 9.20. The van der Waals surface area contributed by atoms with Gasteiger partial charge >= 0.3 is 0 Å². The van der Waals surface area contributed by atoms with E-state index in [4.69, 9.17) is 0 Å². The molecule has 0 amide bonds. The van der Waals surface area contributed by atoms with E-state index in [2.05, 4.69) is 45.7 Å². The maximum Gasteiger partial charge on any atom is 0.124 e. The number of aryl methyl sites for hydroxylation is 1. The Morgan fingerprint density at radius 1 is 1.37 bits per heavy atom. The van der Waals surface area contributed by atoms with Crippen LogP contribution in [0.2, 0.25) is 0 Å². The fraction of sp³-hybridized carbons (Fsp3) is 0.333. The quantitative estimate of drug-likeness (QED) is 0.785.